The monoisotopic (exact) mass is 1230 g/mol. The maximum atomic E-state index is 12.5. The van der Waals surface area contributed by atoms with Crippen LogP contribution >= 0.6 is 0 Å². The molecule has 2 aromatic carbocycles. The molecule has 0 aliphatic carbocycles. The molecule has 0 amide bonds. The molecule has 2 rings (SSSR count). The summed E-state index contributed by atoms with van der Waals surface area (Å²) in [6.45, 7) is 7.03. The number of hydrogen-bond acceptors (Lipinski definition) is 14. The van der Waals surface area contributed by atoms with Gasteiger partial charge in [0.2, 0.25) is 0 Å². The summed E-state index contributed by atoms with van der Waals surface area (Å²) < 4.78 is 88.1. The van der Waals surface area contributed by atoms with E-state index in [0.717, 1.165) is 38.5 Å². The molecule has 14 nitrogen and oxygen atoms in total. The van der Waals surface area contributed by atoms with Gasteiger partial charge in [0.1, 0.15) is 33.5 Å². The van der Waals surface area contributed by atoms with Gasteiger partial charge in [0.05, 0.1) is 46.0 Å². The zero-order valence-corrected chi connectivity index (χ0v) is 56.0. The molecule has 17 heteroatoms. The van der Waals surface area contributed by atoms with Crippen LogP contribution in [0, 0.1) is 0 Å². The van der Waals surface area contributed by atoms with E-state index in [-0.39, 0.29) is 86.0 Å². The molecule has 83 heavy (non-hydrogen) atoms. The van der Waals surface area contributed by atoms with Crippen molar-refractivity contribution in [1.82, 2.24) is 0 Å². The Labute approximate surface area is 534 Å². The molecule has 0 aliphatic rings. The second kappa shape index (κ2) is 53.6. The average molecular weight is 1230 g/mol. The van der Waals surface area contributed by atoms with E-state index in [4.69, 9.17) is 18.9 Å². The van der Waals surface area contributed by atoms with Crippen molar-refractivity contribution in [3.8, 4) is 0 Å². The fraction of sp³-hybridized carbons (Fsp3) is 0.758. The van der Waals surface area contributed by atoms with Crippen molar-refractivity contribution >= 4 is 81.9 Å². The smallest absolute Gasteiger partial charge is 0.748 e. The van der Waals surface area contributed by atoms with Crippen LogP contribution in [0.2, 0.25) is 0 Å². The van der Waals surface area contributed by atoms with Crippen molar-refractivity contribution in [3.05, 3.63) is 70.8 Å². The quantitative estimate of drug-likeness (QED) is 0.0198. The molecule has 0 saturated carbocycles. The molecule has 2 atom stereocenters. The first-order chi connectivity index (χ1) is 39.6. The SMILES string of the molecule is CCCCCCCCCCCCCCCCCCCCCOC(=O)c1ccccc1C(=O)OCC(CC)S(=O)(=O)[O-].CCCCCCCCCCCCCCCCCCCCCOC(=O)c1ccccc1C(=O)OCC(CC)S(=O)(=O)[O-].[Ca+2]. The largest absolute Gasteiger partial charge is 2.00 e. The van der Waals surface area contributed by atoms with Gasteiger partial charge in [-0.2, -0.15) is 0 Å². The van der Waals surface area contributed by atoms with E-state index < -0.39 is 67.8 Å². The molecule has 472 valence electrons. The topological polar surface area (TPSA) is 220 Å². The second-order valence-corrected chi connectivity index (χ2v) is 25.6. The molecule has 0 saturated heterocycles. The van der Waals surface area contributed by atoms with E-state index in [1.54, 1.807) is 24.3 Å². The normalized spacial score (nSPS) is 12.1. The number of carbonyl (C=O) groups is 4. The van der Waals surface area contributed by atoms with Crippen molar-refractivity contribution < 1.29 is 64.1 Å². The van der Waals surface area contributed by atoms with Gasteiger partial charge in [-0.3, -0.25) is 0 Å². The Hall–Kier alpha value is -2.60. The Morgan fingerprint density at radius 2 is 0.506 bits per heavy atom. The van der Waals surface area contributed by atoms with Crippen LogP contribution in [-0.2, 0) is 39.2 Å². The zero-order valence-electron chi connectivity index (χ0n) is 52.1. The summed E-state index contributed by atoms with van der Waals surface area (Å²) in [6, 6.07) is 12.2. The van der Waals surface area contributed by atoms with Crippen LogP contribution in [0.5, 0.6) is 0 Å². The Morgan fingerprint density at radius 1 is 0.325 bits per heavy atom. The van der Waals surface area contributed by atoms with Crippen molar-refractivity contribution in [1.29, 1.82) is 0 Å². The molecule has 0 N–H and O–H groups in total. The van der Waals surface area contributed by atoms with Crippen molar-refractivity contribution in [3.63, 3.8) is 0 Å². The number of benzene rings is 2. The molecule has 0 bridgehead atoms. The third-order valence-corrected chi connectivity index (χ3v) is 17.8. The zero-order chi connectivity index (χ0) is 60.4. The van der Waals surface area contributed by atoms with E-state index in [1.165, 1.54) is 244 Å². The van der Waals surface area contributed by atoms with Gasteiger partial charge in [0, 0.05) is 0 Å². The van der Waals surface area contributed by atoms with E-state index in [0.29, 0.717) is 0 Å². The minimum absolute atomic E-state index is 0. The molecule has 0 aliphatic heterocycles. The van der Waals surface area contributed by atoms with Gasteiger partial charge in [-0.25, -0.2) is 36.0 Å². The summed E-state index contributed by atoms with van der Waals surface area (Å²) in [6.07, 6.45) is 49.2. The van der Waals surface area contributed by atoms with Crippen molar-refractivity contribution in [2.45, 2.75) is 295 Å². The molecule has 2 unspecified atom stereocenters. The first-order valence-electron chi connectivity index (χ1n) is 32.4. The number of ether oxygens (including phenoxy) is 4. The van der Waals surface area contributed by atoms with Crippen LogP contribution in [0.4, 0.5) is 0 Å². The Balaban J connectivity index is 0.00000160. The van der Waals surface area contributed by atoms with Crippen LogP contribution in [0.25, 0.3) is 0 Å². The molecule has 0 heterocycles. The number of hydrogen-bond donors (Lipinski definition) is 0. The molecule has 2 aromatic rings. The van der Waals surface area contributed by atoms with Crippen LogP contribution in [0.1, 0.15) is 326 Å². The average Bonchev–Trinajstić information content (AvgIpc) is 3.55. The molecule has 0 radical (unpaired) electrons. The second-order valence-electron chi connectivity index (χ2n) is 22.3. The standard InChI is InChI=1S/2C33H56O7S.Ca/c2*1-3-5-6-7-8-9-10-11-12-13-14-15-16-17-18-19-20-21-24-27-39-32(34)30-25-22-23-26-31(30)33(35)40-28-29(4-2)41(36,37)38;/h2*22-23,25-26,29H,3-21,24,27-28H2,1-2H3,(H,36,37,38);/q;;+2/p-2. The predicted molar refractivity (Wildman–Crippen MR) is 334 cm³/mol. The maximum absolute atomic E-state index is 12.5. The van der Waals surface area contributed by atoms with Crippen LogP contribution in [-0.4, -0.2) is 124 Å². The molecule has 0 spiro atoms. The molecule has 0 aromatic heterocycles. The molecular formula is C66H110CaO14S2. The van der Waals surface area contributed by atoms with E-state index in [2.05, 4.69) is 13.8 Å². The number of esters is 4. The minimum Gasteiger partial charge on any atom is -0.748 e. The summed E-state index contributed by atoms with van der Waals surface area (Å²) >= 11 is 0. The third-order valence-electron chi connectivity index (χ3n) is 15.2. The van der Waals surface area contributed by atoms with Gasteiger partial charge >= 0.3 is 61.6 Å². The minimum atomic E-state index is -4.57. The van der Waals surface area contributed by atoms with Crippen molar-refractivity contribution in [2.75, 3.05) is 26.4 Å². The Morgan fingerprint density at radius 3 is 0.687 bits per heavy atom. The predicted octanol–water partition coefficient (Wildman–Crippen LogP) is 17.1. The fourth-order valence-corrected chi connectivity index (χ4v) is 11.1. The summed E-state index contributed by atoms with van der Waals surface area (Å²) in [5, 5.41) is -2.64. The maximum Gasteiger partial charge on any atom is 2.00 e. The van der Waals surface area contributed by atoms with Gasteiger partial charge < -0.3 is 28.1 Å². The summed E-state index contributed by atoms with van der Waals surface area (Å²) in [7, 11) is -9.15. The summed E-state index contributed by atoms with van der Waals surface area (Å²) in [4.78, 5) is 50.0. The summed E-state index contributed by atoms with van der Waals surface area (Å²) in [5.41, 5.74) is 0.106. The van der Waals surface area contributed by atoms with Gasteiger partial charge in [-0.05, 0) is 49.9 Å². The number of carbonyl (C=O) groups excluding carboxylic acids is 4. The number of unbranched alkanes of at least 4 members (excludes halogenated alkanes) is 36. The first-order valence-corrected chi connectivity index (χ1v) is 35.3. The first kappa shape index (κ1) is 80.4. The summed E-state index contributed by atoms with van der Waals surface area (Å²) in [5.74, 6) is -2.96. The Bertz CT molecular complexity index is 2020. The Kier molecular flexibility index (Phi) is 51.9. The van der Waals surface area contributed by atoms with Gasteiger partial charge in [-0.1, -0.05) is 283 Å². The van der Waals surface area contributed by atoms with Gasteiger partial charge in [0.25, 0.3) is 0 Å². The van der Waals surface area contributed by atoms with E-state index in [9.17, 15) is 45.1 Å². The third kappa shape index (κ3) is 42.8. The van der Waals surface area contributed by atoms with Crippen LogP contribution in [0.3, 0.4) is 0 Å². The van der Waals surface area contributed by atoms with E-state index in [1.807, 2.05) is 0 Å². The van der Waals surface area contributed by atoms with E-state index >= 15 is 0 Å². The molecule has 0 fully saturated rings. The van der Waals surface area contributed by atoms with Crippen LogP contribution in [0.15, 0.2) is 48.5 Å². The van der Waals surface area contributed by atoms with Gasteiger partial charge in [0.15, 0.2) is 0 Å². The van der Waals surface area contributed by atoms with Crippen LogP contribution < -0.4 is 0 Å². The van der Waals surface area contributed by atoms with Crippen molar-refractivity contribution in [2.24, 2.45) is 0 Å². The number of rotatable bonds is 52. The fourth-order valence-electron chi connectivity index (χ4n) is 9.83. The molecular weight excluding hydrogens is 1120 g/mol. The van der Waals surface area contributed by atoms with Gasteiger partial charge in [-0.15, -0.1) is 0 Å².